The number of methoxy groups -OCH3 is 1. The molecule has 0 fully saturated rings. The zero-order valence-corrected chi connectivity index (χ0v) is 14.0. The number of aryl methyl sites for hydroxylation is 2. The van der Waals surface area contributed by atoms with Crippen molar-refractivity contribution in [3.63, 3.8) is 0 Å². The van der Waals surface area contributed by atoms with E-state index in [-0.39, 0.29) is 5.97 Å². The van der Waals surface area contributed by atoms with Crippen LogP contribution >= 0.6 is 11.3 Å². The number of thiazole rings is 1. The number of esters is 1. The summed E-state index contributed by atoms with van der Waals surface area (Å²) < 4.78 is 4.60. The van der Waals surface area contributed by atoms with Gasteiger partial charge in [-0.2, -0.15) is 0 Å². The summed E-state index contributed by atoms with van der Waals surface area (Å²) in [4.78, 5) is 20.9. The summed E-state index contributed by atoms with van der Waals surface area (Å²) in [5, 5.41) is 7.50. The van der Waals surface area contributed by atoms with Crippen LogP contribution in [0.1, 0.15) is 34.8 Å². The molecular formula is C14H24N4O2S. The number of hydrogen-bond donors (Lipinski definition) is 2. The van der Waals surface area contributed by atoms with Crippen LogP contribution in [0.5, 0.6) is 0 Å². The zero-order chi connectivity index (χ0) is 15.7. The third-order valence-electron chi connectivity index (χ3n) is 3.03. The molecule has 21 heavy (non-hydrogen) atoms. The number of carbonyl (C=O) groups excluding carboxylic acids is 1. The number of aromatic nitrogens is 1. The Kier molecular flexibility index (Phi) is 7.74. The number of nitrogens with zero attached hydrogens (tertiary/aromatic N) is 2. The van der Waals surface area contributed by atoms with Crippen LogP contribution in [0.15, 0.2) is 4.99 Å². The maximum absolute atomic E-state index is 11.0. The number of unbranched alkanes of at least 4 members (excludes halogenated alkanes) is 1. The number of ether oxygens (including phenoxy) is 1. The minimum absolute atomic E-state index is 0.160. The van der Waals surface area contributed by atoms with Crippen molar-refractivity contribution in [1.29, 1.82) is 0 Å². The summed E-state index contributed by atoms with van der Waals surface area (Å²) in [6.45, 7) is 5.53. The quantitative estimate of drug-likeness (QED) is 0.347. The Hall–Kier alpha value is -1.63. The van der Waals surface area contributed by atoms with Crippen molar-refractivity contribution >= 4 is 23.3 Å². The fraction of sp³-hybridized carbons (Fsp3) is 0.643. The molecule has 0 radical (unpaired) electrons. The molecule has 1 aromatic rings. The van der Waals surface area contributed by atoms with Gasteiger partial charge in [0.25, 0.3) is 0 Å². The van der Waals surface area contributed by atoms with E-state index >= 15 is 0 Å². The summed E-state index contributed by atoms with van der Waals surface area (Å²) in [6.07, 6.45) is 2.16. The second kappa shape index (κ2) is 9.33. The van der Waals surface area contributed by atoms with Gasteiger partial charge in [0.05, 0.1) is 19.3 Å². The number of rotatable bonds is 7. The summed E-state index contributed by atoms with van der Waals surface area (Å²) in [5.41, 5.74) is 1.09. The van der Waals surface area contributed by atoms with Gasteiger partial charge in [-0.05, 0) is 26.7 Å². The van der Waals surface area contributed by atoms with Gasteiger partial charge in [-0.1, -0.05) is 0 Å². The van der Waals surface area contributed by atoms with Gasteiger partial charge >= 0.3 is 5.97 Å². The van der Waals surface area contributed by atoms with Gasteiger partial charge in [0.15, 0.2) is 5.96 Å². The van der Waals surface area contributed by atoms with Gasteiger partial charge < -0.3 is 15.4 Å². The van der Waals surface area contributed by atoms with Gasteiger partial charge in [0.2, 0.25) is 0 Å². The lowest BCUT2D eigenvalue weighted by molar-refractivity contribution is -0.140. The number of aliphatic imine (C=N–C) groups is 1. The maximum Gasteiger partial charge on any atom is 0.305 e. The molecule has 0 amide bonds. The number of nitrogens with one attached hydrogen (secondary N) is 2. The monoisotopic (exact) mass is 312 g/mol. The fourth-order valence-corrected chi connectivity index (χ4v) is 2.57. The summed E-state index contributed by atoms with van der Waals surface area (Å²) in [6, 6.07) is 0. The predicted molar refractivity (Wildman–Crippen MR) is 85.7 cm³/mol. The molecule has 0 spiro atoms. The van der Waals surface area contributed by atoms with E-state index in [0.717, 1.165) is 36.0 Å². The second-order valence-electron chi connectivity index (χ2n) is 4.63. The molecule has 0 aliphatic heterocycles. The fourth-order valence-electron chi connectivity index (χ4n) is 1.70. The van der Waals surface area contributed by atoms with E-state index < -0.39 is 0 Å². The van der Waals surface area contributed by atoms with Gasteiger partial charge in [-0.15, -0.1) is 11.3 Å². The van der Waals surface area contributed by atoms with E-state index in [1.807, 2.05) is 6.92 Å². The molecule has 1 rings (SSSR count). The highest BCUT2D eigenvalue weighted by Crippen LogP contribution is 2.15. The van der Waals surface area contributed by atoms with E-state index in [1.54, 1.807) is 18.4 Å². The van der Waals surface area contributed by atoms with Crippen LogP contribution in [0.3, 0.4) is 0 Å². The van der Waals surface area contributed by atoms with Crippen molar-refractivity contribution in [2.75, 3.05) is 20.7 Å². The van der Waals surface area contributed by atoms with Crippen LogP contribution in [0.25, 0.3) is 0 Å². The molecule has 0 aliphatic rings. The van der Waals surface area contributed by atoms with Crippen molar-refractivity contribution in [2.24, 2.45) is 4.99 Å². The molecule has 1 heterocycles. The Balaban J connectivity index is 2.22. The number of guanidine groups is 1. The maximum atomic E-state index is 11.0. The molecule has 118 valence electrons. The molecular weight excluding hydrogens is 288 g/mol. The third kappa shape index (κ3) is 6.57. The SMILES string of the molecule is CN=C(NCCCCC(=O)OC)NCc1nc(C)c(C)s1. The minimum Gasteiger partial charge on any atom is -0.469 e. The van der Waals surface area contributed by atoms with Gasteiger partial charge in [0.1, 0.15) is 5.01 Å². The molecule has 0 saturated heterocycles. The Labute approximate surface area is 130 Å². The molecule has 0 bridgehead atoms. The Morgan fingerprint density at radius 1 is 1.33 bits per heavy atom. The highest BCUT2D eigenvalue weighted by atomic mass is 32.1. The predicted octanol–water partition coefficient (Wildman–Crippen LogP) is 1.77. The Morgan fingerprint density at radius 2 is 2.10 bits per heavy atom. The van der Waals surface area contributed by atoms with Gasteiger partial charge in [-0.3, -0.25) is 9.79 Å². The Bertz CT molecular complexity index is 466. The van der Waals surface area contributed by atoms with Gasteiger partial charge in [-0.25, -0.2) is 4.98 Å². The second-order valence-corrected chi connectivity index (χ2v) is 5.92. The van der Waals surface area contributed by atoms with Crippen LogP contribution in [0.4, 0.5) is 0 Å². The van der Waals surface area contributed by atoms with E-state index in [9.17, 15) is 4.79 Å². The number of hydrogen-bond acceptors (Lipinski definition) is 5. The normalized spacial score (nSPS) is 11.3. The van der Waals surface area contributed by atoms with Crippen LogP contribution in [0.2, 0.25) is 0 Å². The lowest BCUT2D eigenvalue weighted by atomic mass is 10.2. The van der Waals surface area contributed by atoms with Crippen molar-refractivity contribution in [3.8, 4) is 0 Å². The minimum atomic E-state index is -0.160. The zero-order valence-electron chi connectivity index (χ0n) is 13.2. The molecule has 7 heteroatoms. The molecule has 6 nitrogen and oxygen atoms in total. The first-order valence-corrected chi connectivity index (χ1v) is 7.82. The molecule has 0 saturated carbocycles. The first-order chi connectivity index (χ1) is 10.1. The molecule has 0 aromatic carbocycles. The van der Waals surface area contributed by atoms with Crippen LogP contribution in [0, 0.1) is 13.8 Å². The van der Waals surface area contributed by atoms with E-state index in [1.165, 1.54) is 12.0 Å². The Morgan fingerprint density at radius 3 is 2.67 bits per heavy atom. The topological polar surface area (TPSA) is 75.6 Å². The third-order valence-corrected chi connectivity index (χ3v) is 4.10. The van der Waals surface area contributed by atoms with Gasteiger partial charge in [0, 0.05) is 24.9 Å². The van der Waals surface area contributed by atoms with Crippen molar-refractivity contribution in [2.45, 2.75) is 39.7 Å². The van der Waals surface area contributed by atoms with Crippen LogP contribution in [-0.2, 0) is 16.1 Å². The highest BCUT2D eigenvalue weighted by Gasteiger charge is 2.05. The van der Waals surface area contributed by atoms with E-state index in [4.69, 9.17) is 0 Å². The lowest BCUT2D eigenvalue weighted by Gasteiger charge is -2.10. The standard InChI is InChI=1S/C14H24N4O2S/c1-10-11(2)21-12(18-10)9-17-14(15-3)16-8-6-5-7-13(19)20-4/h5-9H2,1-4H3,(H2,15,16,17). The molecule has 0 aliphatic carbocycles. The average Bonchev–Trinajstić information content (AvgIpc) is 2.80. The molecule has 0 unspecified atom stereocenters. The van der Waals surface area contributed by atoms with E-state index in [0.29, 0.717) is 13.0 Å². The molecule has 1 aromatic heterocycles. The summed E-state index contributed by atoms with van der Waals surface area (Å²) >= 11 is 1.70. The highest BCUT2D eigenvalue weighted by molar-refractivity contribution is 7.11. The first-order valence-electron chi connectivity index (χ1n) is 7.01. The van der Waals surface area contributed by atoms with Crippen molar-refractivity contribution in [3.05, 3.63) is 15.6 Å². The number of carbonyl (C=O) groups is 1. The first kappa shape index (κ1) is 17.4. The molecule has 2 N–H and O–H groups in total. The van der Waals surface area contributed by atoms with E-state index in [2.05, 4.69) is 32.3 Å². The van der Waals surface area contributed by atoms with Crippen LogP contribution in [-0.4, -0.2) is 37.6 Å². The summed E-state index contributed by atoms with van der Waals surface area (Å²) in [5.74, 6) is 0.589. The largest absolute Gasteiger partial charge is 0.469 e. The molecule has 0 atom stereocenters. The average molecular weight is 312 g/mol. The van der Waals surface area contributed by atoms with Crippen LogP contribution < -0.4 is 10.6 Å². The van der Waals surface area contributed by atoms with Crippen molar-refractivity contribution in [1.82, 2.24) is 15.6 Å². The summed E-state index contributed by atoms with van der Waals surface area (Å²) in [7, 11) is 3.15. The lowest BCUT2D eigenvalue weighted by Crippen LogP contribution is -2.37. The van der Waals surface area contributed by atoms with Crippen molar-refractivity contribution < 1.29 is 9.53 Å². The smallest absolute Gasteiger partial charge is 0.305 e.